The number of furan rings is 1. The van der Waals surface area contributed by atoms with Crippen molar-refractivity contribution in [2.45, 2.75) is 0 Å². The van der Waals surface area contributed by atoms with Crippen LogP contribution in [0.2, 0.25) is 0 Å². The molecule has 49 heavy (non-hydrogen) atoms. The quantitative estimate of drug-likeness (QED) is 0.178. The fourth-order valence-corrected chi connectivity index (χ4v) is 7.09. The summed E-state index contributed by atoms with van der Waals surface area (Å²) in [6.45, 7) is 0. The number of para-hydroxylation sites is 1. The van der Waals surface area contributed by atoms with Gasteiger partial charge in [0.25, 0.3) is 0 Å². The van der Waals surface area contributed by atoms with Crippen LogP contribution in [0.5, 0.6) is 0 Å². The van der Waals surface area contributed by atoms with E-state index in [-0.39, 0.29) is 0 Å². The summed E-state index contributed by atoms with van der Waals surface area (Å²) < 4.78 is 12.9. The van der Waals surface area contributed by atoms with E-state index in [2.05, 4.69) is 120 Å². The molecule has 0 aliphatic heterocycles. The normalized spacial score (nSPS) is 11.7. The molecule has 2 aromatic heterocycles. The lowest BCUT2D eigenvalue weighted by molar-refractivity contribution is 0.623. The smallest absolute Gasteiger partial charge is 0.227 e. The molecule has 0 fully saturated rings. The van der Waals surface area contributed by atoms with Crippen molar-refractivity contribution in [3.8, 4) is 22.6 Å². The Hall–Kier alpha value is -6.65. The SMILES string of the molecule is c1ccc(-c2ccc(N(c3ccc4c(c3)oc3ccccc34)c3ccc4ccc5ccc6nc(-c7ccccc7)oc6c5c4c3)cc2)cc1. The van der Waals surface area contributed by atoms with Gasteiger partial charge < -0.3 is 13.7 Å². The molecule has 0 saturated heterocycles. The summed E-state index contributed by atoms with van der Waals surface area (Å²) in [6, 6.07) is 59.2. The highest BCUT2D eigenvalue weighted by atomic mass is 16.3. The molecule has 0 unspecified atom stereocenters. The summed E-state index contributed by atoms with van der Waals surface area (Å²) in [6.07, 6.45) is 0. The van der Waals surface area contributed by atoms with Gasteiger partial charge >= 0.3 is 0 Å². The average Bonchev–Trinajstić information content (AvgIpc) is 3.77. The van der Waals surface area contributed by atoms with Crippen molar-refractivity contribution in [1.82, 2.24) is 4.98 Å². The molecule has 4 nitrogen and oxygen atoms in total. The molecule has 230 valence electrons. The van der Waals surface area contributed by atoms with Gasteiger partial charge in [-0.2, -0.15) is 0 Å². The fraction of sp³-hybridized carbons (Fsp3) is 0. The van der Waals surface area contributed by atoms with E-state index >= 15 is 0 Å². The maximum atomic E-state index is 6.54. The number of aromatic nitrogens is 1. The molecule has 0 atom stereocenters. The Labute approximate surface area is 282 Å². The Morgan fingerprint density at radius 2 is 1.02 bits per heavy atom. The minimum absolute atomic E-state index is 0.621. The van der Waals surface area contributed by atoms with Crippen molar-refractivity contribution >= 4 is 71.6 Å². The second kappa shape index (κ2) is 11.0. The van der Waals surface area contributed by atoms with Gasteiger partial charge in [-0.25, -0.2) is 4.98 Å². The van der Waals surface area contributed by atoms with Crippen LogP contribution in [0.4, 0.5) is 17.1 Å². The molecular formula is C45H28N2O2. The first-order valence-corrected chi connectivity index (χ1v) is 16.5. The van der Waals surface area contributed by atoms with Gasteiger partial charge in [0.15, 0.2) is 5.58 Å². The molecule has 0 amide bonds. The third kappa shape index (κ3) is 4.57. The predicted octanol–water partition coefficient (Wildman–Crippen LogP) is 12.8. The maximum absolute atomic E-state index is 6.54. The van der Waals surface area contributed by atoms with Crippen molar-refractivity contribution in [3.05, 3.63) is 170 Å². The van der Waals surface area contributed by atoms with Crippen LogP contribution < -0.4 is 4.90 Å². The lowest BCUT2D eigenvalue weighted by atomic mass is 9.99. The highest BCUT2D eigenvalue weighted by Crippen LogP contribution is 2.42. The largest absolute Gasteiger partial charge is 0.456 e. The monoisotopic (exact) mass is 628 g/mol. The topological polar surface area (TPSA) is 42.4 Å². The Bertz CT molecular complexity index is 2820. The van der Waals surface area contributed by atoms with Crippen molar-refractivity contribution < 1.29 is 8.83 Å². The van der Waals surface area contributed by atoms with Crippen LogP contribution in [-0.2, 0) is 0 Å². The molecule has 4 heteroatoms. The van der Waals surface area contributed by atoms with E-state index in [0.717, 1.165) is 77.2 Å². The number of hydrogen-bond acceptors (Lipinski definition) is 4. The van der Waals surface area contributed by atoms with Crippen LogP contribution in [0, 0.1) is 0 Å². The third-order valence-electron chi connectivity index (χ3n) is 9.47. The van der Waals surface area contributed by atoms with Crippen molar-refractivity contribution in [2.75, 3.05) is 4.90 Å². The zero-order chi connectivity index (χ0) is 32.3. The Morgan fingerprint density at radius 1 is 0.408 bits per heavy atom. The maximum Gasteiger partial charge on any atom is 0.227 e. The summed E-state index contributed by atoms with van der Waals surface area (Å²) in [5.41, 5.74) is 9.77. The molecule has 0 radical (unpaired) electrons. The Kier molecular flexibility index (Phi) is 6.15. The van der Waals surface area contributed by atoms with E-state index in [1.807, 2.05) is 54.6 Å². The average molecular weight is 629 g/mol. The molecule has 0 aliphatic rings. The van der Waals surface area contributed by atoms with E-state index in [1.165, 1.54) is 11.1 Å². The molecule has 0 bridgehead atoms. The van der Waals surface area contributed by atoms with E-state index < -0.39 is 0 Å². The second-order valence-corrected chi connectivity index (χ2v) is 12.4. The van der Waals surface area contributed by atoms with Gasteiger partial charge in [-0.05, 0) is 87.9 Å². The summed E-state index contributed by atoms with van der Waals surface area (Å²) in [7, 11) is 0. The van der Waals surface area contributed by atoms with Gasteiger partial charge in [0, 0.05) is 44.9 Å². The standard InChI is InChI=1S/C45H28N2O2/c1-3-9-29(10-4-1)30-17-21-34(22-18-30)47(36-24-25-38-37-13-7-8-14-41(37)48-42(38)28-36)35-23-19-31-15-16-32-20-26-40-44(43(32)39(31)27-35)49-45(46-40)33-11-5-2-6-12-33/h1-28H. The van der Waals surface area contributed by atoms with E-state index in [1.54, 1.807) is 0 Å². The van der Waals surface area contributed by atoms with Gasteiger partial charge in [0.05, 0.1) is 0 Å². The van der Waals surface area contributed by atoms with E-state index in [4.69, 9.17) is 13.8 Å². The first kappa shape index (κ1) is 27.5. The Balaban J connectivity index is 1.18. The van der Waals surface area contributed by atoms with Crippen molar-refractivity contribution in [1.29, 1.82) is 0 Å². The summed E-state index contributed by atoms with van der Waals surface area (Å²) in [5.74, 6) is 0.621. The predicted molar refractivity (Wildman–Crippen MR) is 202 cm³/mol. The van der Waals surface area contributed by atoms with Crippen LogP contribution in [0.3, 0.4) is 0 Å². The van der Waals surface area contributed by atoms with Gasteiger partial charge in [-0.15, -0.1) is 0 Å². The molecule has 10 rings (SSSR count). The molecule has 0 aliphatic carbocycles. The molecule has 0 spiro atoms. The lowest BCUT2D eigenvalue weighted by Crippen LogP contribution is -2.09. The molecule has 10 aromatic rings. The first-order valence-electron chi connectivity index (χ1n) is 16.5. The van der Waals surface area contributed by atoms with Crippen LogP contribution in [0.1, 0.15) is 0 Å². The number of nitrogens with zero attached hydrogens (tertiary/aromatic N) is 2. The van der Waals surface area contributed by atoms with Crippen LogP contribution in [0.25, 0.3) is 77.2 Å². The summed E-state index contributed by atoms with van der Waals surface area (Å²) in [4.78, 5) is 7.19. The summed E-state index contributed by atoms with van der Waals surface area (Å²) in [5, 5.41) is 6.62. The number of anilines is 3. The van der Waals surface area contributed by atoms with Crippen LogP contribution >= 0.6 is 0 Å². The van der Waals surface area contributed by atoms with Gasteiger partial charge in [0.1, 0.15) is 16.7 Å². The van der Waals surface area contributed by atoms with Crippen LogP contribution in [0.15, 0.2) is 179 Å². The van der Waals surface area contributed by atoms with Gasteiger partial charge in [-0.3, -0.25) is 0 Å². The van der Waals surface area contributed by atoms with E-state index in [9.17, 15) is 0 Å². The molecule has 8 aromatic carbocycles. The molecule has 0 N–H and O–H groups in total. The number of oxazole rings is 1. The highest BCUT2D eigenvalue weighted by Gasteiger charge is 2.18. The number of hydrogen-bond donors (Lipinski definition) is 0. The zero-order valence-corrected chi connectivity index (χ0v) is 26.4. The third-order valence-corrected chi connectivity index (χ3v) is 9.47. The summed E-state index contributed by atoms with van der Waals surface area (Å²) >= 11 is 0. The highest BCUT2D eigenvalue weighted by molar-refractivity contribution is 6.18. The minimum Gasteiger partial charge on any atom is -0.456 e. The van der Waals surface area contributed by atoms with Gasteiger partial charge in [-0.1, -0.05) is 103 Å². The molecule has 2 heterocycles. The Morgan fingerprint density at radius 3 is 1.86 bits per heavy atom. The minimum atomic E-state index is 0.621. The lowest BCUT2D eigenvalue weighted by Gasteiger charge is -2.26. The first-order chi connectivity index (χ1) is 24.3. The van der Waals surface area contributed by atoms with E-state index in [0.29, 0.717) is 5.89 Å². The number of rotatable bonds is 5. The zero-order valence-electron chi connectivity index (χ0n) is 26.4. The number of fused-ring (bicyclic) bond motifs is 8. The van der Waals surface area contributed by atoms with Crippen molar-refractivity contribution in [3.63, 3.8) is 0 Å². The molecular weight excluding hydrogens is 601 g/mol. The second-order valence-electron chi connectivity index (χ2n) is 12.4. The van der Waals surface area contributed by atoms with Gasteiger partial charge in [0.2, 0.25) is 5.89 Å². The number of benzene rings is 8. The van der Waals surface area contributed by atoms with Crippen LogP contribution in [-0.4, -0.2) is 4.98 Å². The fourth-order valence-electron chi connectivity index (χ4n) is 7.09. The van der Waals surface area contributed by atoms with Crippen molar-refractivity contribution in [2.24, 2.45) is 0 Å². The molecule has 0 saturated carbocycles.